The molecule has 22 heavy (non-hydrogen) atoms. The van der Waals surface area contributed by atoms with Crippen LogP contribution in [-0.2, 0) is 11.2 Å². The highest BCUT2D eigenvalue weighted by Crippen LogP contribution is 2.54. The molecule has 2 N–H and O–H groups in total. The predicted octanol–water partition coefficient (Wildman–Crippen LogP) is 2.10. The van der Waals surface area contributed by atoms with E-state index in [-0.39, 0.29) is 17.4 Å². The fraction of sp³-hybridized carbons (Fsp3) is 0.529. The maximum Gasteiger partial charge on any atom is 0.335 e. The molecule has 0 radical (unpaired) electrons. The van der Waals surface area contributed by atoms with Crippen molar-refractivity contribution in [3.8, 4) is 5.75 Å². The number of hydrogen-bond acceptors (Lipinski definition) is 3. The van der Waals surface area contributed by atoms with E-state index in [1.54, 1.807) is 12.1 Å². The summed E-state index contributed by atoms with van der Waals surface area (Å²) in [6, 6.07) is 4.83. The molecule has 1 amide bonds. The Morgan fingerprint density at radius 3 is 2.77 bits per heavy atom. The van der Waals surface area contributed by atoms with Crippen molar-refractivity contribution in [3.63, 3.8) is 0 Å². The summed E-state index contributed by atoms with van der Waals surface area (Å²) in [5.41, 5.74) is 1.11. The third-order valence-corrected chi connectivity index (χ3v) is 4.63. The van der Waals surface area contributed by atoms with E-state index in [0.29, 0.717) is 24.6 Å². The van der Waals surface area contributed by atoms with E-state index in [1.165, 1.54) is 26.0 Å². The second-order valence-electron chi connectivity index (χ2n) is 6.22. The third kappa shape index (κ3) is 3.24. The van der Waals surface area contributed by atoms with Crippen LogP contribution in [0.4, 0.5) is 0 Å². The molecule has 0 aliphatic heterocycles. The molecule has 2 saturated carbocycles. The number of carboxylic acids is 1. The Hall–Kier alpha value is -2.04. The summed E-state index contributed by atoms with van der Waals surface area (Å²) in [5.74, 6) is 1.40. The van der Waals surface area contributed by atoms with Gasteiger partial charge in [-0.05, 0) is 55.2 Å². The quantitative estimate of drug-likeness (QED) is 0.809. The smallest absolute Gasteiger partial charge is 0.335 e. The number of amides is 1. The van der Waals surface area contributed by atoms with Crippen molar-refractivity contribution in [1.29, 1.82) is 0 Å². The van der Waals surface area contributed by atoms with Crippen molar-refractivity contribution in [2.75, 3.05) is 13.7 Å². The molecular weight excluding hydrogens is 282 g/mol. The van der Waals surface area contributed by atoms with Gasteiger partial charge >= 0.3 is 5.97 Å². The molecule has 3 rings (SSSR count). The summed E-state index contributed by atoms with van der Waals surface area (Å²) in [6.45, 7) is 0.551. The molecule has 5 heteroatoms. The standard InChI is InChI=1S/C17H21NO4/c1-22-15-8-12(17(20)21)5-4-11(15)6-7-18-16(19)14-9-13(14)10-2-3-10/h4-5,8,10,13-14H,2-3,6-7,9H2,1H3,(H,18,19)(H,20,21). The molecule has 0 heterocycles. The van der Waals surface area contributed by atoms with Crippen LogP contribution >= 0.6 is 0 Å². The maximum atomic E-state index is 12.0. The second-order valence-corrected chi connectivity index (χ2v) is 6.22. The topological polar surface area (TPSA) is 75.6 Å². The van der Waals surface area contributed by atoms with Gasteiger partial charge in [0, 0.05) is 12.5 Å². The Morgan fingerprint density at radius 1 is 1.36 bits per heavy atom. The summed E-state index contributed by atoms with van der Waals surface area (Å²) in [6.07, 6.45) is 4.27. The number of hydrogen-bond donors (Lipinski definition) is 2. The largest absolute Gasteiger partial charge is 0.496 e. The number of methoxy groups -OCH3 is 1. The lowest BCUT2D eigenvalue weighted by Crippen LogP contribution is -2.28. The molecule has 0 saturated heterocycles. The van der Waals surface area contributed by atoms with Crippen molar-refractivity contribution in [3.05, 3.63) is 29.3 Å². The number of nitrogens with one attached hydrogen (secondary N) is 1. The summed E-state index contributed by atoms with van der Waals surface area (Å²) < 4.78 is 5.23. The first-order valence-electron chi connectivity index (χ1n) is 7.78. The summed E-state index contributed by atoms with van der Waals surface area (Å²) in [4.78, 5) is 23.0. The Morgan fingerprint density at radius 2 is 2.14 bits per heavy atom. The van der Waals surface area contributed by atoms with Gasteiger partial charge in [-0.1, -0.05) is 6.07 Å². The monoisotopic (exact) mass is 303 g/mol. The van der Waals surface area contributed by atoms with Gasteiger partial charge in [0.1, 0.15) is 5.75 Å². The average molecular weight is 303 g/mol. The molecule has 1 aromatic rings. The van der Waals surface area contributed by atoms with Gasteiger partial charge in [0.2, 0.25) is 5.91 Å². The van der Waals surface area contributed by atoms with Crippen LogP contribution in [0.25, 0.3) is 0 Å². The Balaban J connectivity index is 1.50. The molecule has 2 fully saturated rings. The zero-order chi connectivity index (χ0) is 15.7. The maximum absolute atomic E-state index is 12.0. The van der Waals surface area contributed by atoms with Crippen LogP contribution in [0.1, 0.15) is 35.2 Å². The van der Waals surface area contributed by atoms with E-state index in [1.807, 2.05) is 0 Å². The zero-order valence-corrected chi connectivity index (χ0v) is 12.7. The summed E-state index contributed by atoms with van der Waals surface area (Å²) in [7, 11) is 1.52. The first-order chi connectivity index (χ1) is 10.6. The molecule has 2 aliphatic rings. The van der Waals surface area contributed by atoms with E-state index >= 15 is 0 Å². The predicted molar refractivity (Wildman–Crippen MR) is 81.0 cm³/mol. The minimum absolute atomic E-state index is 0.165. The van der Waals surface area contributed by atoms with Crippen LogP contribution in [0.5, 0.6) is 5.75 Å². The van der Waals surface area contributed by atoms with Crippen LogP contribution in [0.15, 0.2) is 18.2 Å². The van der Waals surface area contributed by atoms with Gasteiger partial charge in [0.05, 0.1) is 12.7 Å². The number of carboxylic acid groups (broad SMARTS) is 1. The molecule has 0 bridgehead atoms. The highest BCUT2D eigenvalue weighted by molar-refractivity contribution is 5.88. The molecular formula is C17H21NO4. The van der Waals surface area contributed by atoms with E-state index < -0.39 is 5.97 Å². The average Bonchev–Trinajstić information content (AvgIpc) is 3.38. The van der Waals surface area contributed by atoms with Gasteiger partial charge in [-0.25, -0.2) is 4.79 Å². The number of ether oxygens (including phenoxy) is 1. The Labute approximate surface area is 129 Å². The fourth-order valence-corrected chi connectivity index (χ4v) is 3.10. The van der Waals surface area contributed by atoms with Crippen LogP contribution in [-0.4, -0.2) is 30.6 Å². The lowest BCUT2D eigenvalue weighted by Gasteiger charge is -2.10. The Bertz CT molecular complexity index is 594. The molecule has 1 aromatic carbocycles. The van der Waals surface area contributed by atoms with Gasteiger partial charge < -0.3 is 15.2 Å². The van der Waals surface area contributed by atoms with E-state index in [2.05, 4.69) is 5.32 Å². The van der Waals surface area contributed by atoms with E-state index in [9.17, 15) is 9.59 Å². The molecule has 0 spiro atoms. The van der Waals surface area contributed by atoms with Crippen molar-refractivity contribution in [2.24, 2.45) is 17.8 Å². The van der Waals surface area contributed by atoms with Gasteiger partial charge in [-0.3, -0.25) is 4.79 Å². The SMILES string of the molecule is COc1cc(C(=O)O)ccc1CCNC(=O)C1CC1C1CC1. The van der Waals surface area contributed by atoms with Crippen molar-refractivity contribution in [1.82, 2.24) is 5.32 Å². The number of benzene rings is 1. The lowest BCUT2D eigenvalue weighted by atomic mass is 10.1. The zero-order valence-electron chi connectivity index (χ0n) is 12.7. The third-order valence-electron chi connectivity index (χ3n) is 4.63. The molecule has 0 aromatic heterocycles. The van der Waals surface area contributed by atoms with Gasteiger partial charge in [0.25, 0.3) is 0 Å². The molecule has 5 nitrogen and oxygen atoms in total. The van der Waals surface area contributed by atoms with Crippen molar-refractivity contribution < 1.29 is 19.4 Å². The van der Waals surface area contributed by atoms with Crippen molar-refractivity contribution >= 4 is 11.9 Å². The molecule has 2 atom stereocenters. The molecule has 2 aliphatic carbocycles. The minimum Gasteiger partial charge on any atom is -0.496 e. The van der Waals surface area contributed by atoms with Crippen LogP contribution < -0.4 is 10.1 Å². The first kappa shape index (κ1) is 14.9. The lowest BCUT2D eigenvalue weighted by molar-refractivity contribution is -0.122. The van der Waals surface area contributed by atoms with Gasteiger partial charge in [0.15, 0.2) is 0 Å². The van der Waals surface area contributed by atoms with Crippen LogP contribution in [0, 0.1) is 17.8 Å². The van der Waals surface area contributed by atoms with Gasteiger partial charge in [-0.15, -0.1) is 0 Å². The minimum atomic E-state index is -0.974. The van der Waals surface area contributed by atoms with Crippen molar-refractivity contribution in [2.45, 2.75) is 25.7 Å². The molecule has 118 valence electrons. The summed E-state index contributed by atoms with van der Waals surface area (Å²) in [5, 5.41) is 12.0. The Kier molecular flexibility index (Phi) is 4.05. The first-order valence-corrected chi connectivity index (χ1v) is 7.78. The highest BCUT2D eigenvalue weighted by atomic mass is 16.5. The second kappa shape index (κ2) is 5.99. The number of aromatic carboxylic acids is 1. The normalized spacial score (nSPS) is 23.0. The summed E-state index contributed by atoms with van der Waals surface area (Å²) >= 11 is 0. The fourth-order valence-electron chi connectivity index (χ4n) is 3.10. The van der Waals surface area contributed by atoms with E-state index in [4.69, 9.17) is 9.84 Å². The van der Waals surface area contributed by atoms with Gasteiger partial charge in [-0.2, -0.15) is 0 Å². The van der Waals surface area contributed by atoms with E-state index in [0.717, 1.165) is 17.9 Å². The molecule has 2 unspecified atom stereocenters. The number of carbonyl (C=O) groups is 2. The van der Waals surface area contributed by atoms with Crippen LogP contribution in [0.2, 0.25) is 0 Å². The highest BCUT2D eigenvalue weighted by Gasteiger charge is 2.50. The number of carbonyl (C=O) groups excluding carboxylic acids is 1. The number of rotatable bonds is 7. The van der Waals surface area contributed by atoms with Crippen LogP contribution in [0.3, 0.4) is 0 Å².